The summed E-state index contributed by atoms with van der Waals surface area (Å²) in [6.45, 7) is 6.04. The van der Waals surface area contributed by atoms with Crippen molar-refractivity contribution in [3.8, 4) is 28.4 Å². The highest BCUT2D eigenvalue weighted by atomic mass is 19.3. The second-order valence-corrected chi connectivity index (χ2v) is 19.3. The molecule has 5 aromatic rings. The van der Waals surface area contributed by atoms with E-state index in [-0.39, 0.29) is 22.0 Å². The van der Waals surface area contributed by atoms with Gasteiger partial charge < -0.3 is 14.2 Å². The highest BCUT2D eigenvalue weighted by molar-refractivity contribution is 5.64. The van der Waals surface area contributed by atoms with Crippen molar-refractivity contribution in [3.63, 3.8) is 0 Å². The lowest BCUT2D eigenvalue weighted by molar-refractivity contribution is -0.224. The topological polar surface area (TPSA) is 27.7 Å². The van der Waals surface area contributed by atoms with Gasteiger partial charge in [0.25, 0.3) is 0 Å². The largest absolute Gasteiger partial charge is 0.432 e. The molecule has 0 spiro atoms. The molecule has 0 aromatic heterocycles. The van der Waals surface area contributed by atoms with Gasteiger partial charge in [0.1, 0.15) is 34.4 Å². The molecule has 0 radical (unpaired) electrons. The normalized spacial score (nSPS) is 21.4. The SMILES string of the molecule is CC1CCC(C(F)(F)Oc2cc(F)c(F)c(F)c2)CC1.CC1CCC(C2CCC(C(F)(F)Oc3cc(F)c(F)c(F)c3)CC2)CC1.Cc1ccc(-c2cc(F)c(C(F)(F)Oc3cc(F)c(F)c(F)c3)c(F)c2)cc1.[HH].[HH].[HH]. The van der Waals surface area contributed by atoms with Crippen LogP contribution in [-0.2, 0) is 6.11 Å². The fraction of sp³-hybridized carbons (Fsp3) is 0.444. The van der Waals surface area contributed by atoms with Crippen LogP contribution in [-0.4, -0.2) is 12.2 Å². The number of hydrogen-bond acceptors (Lipinski definition) is 3. The van der Waals surface area contributed by atoms with Gasteiger partial charge in [-0.3, -0.25) is 0 Å². The molecule has 3 nitrogen and oxygen atoms in total. The van der Waals surface area contributed by atoms with Crippen LogP contribution in [0.3, 0.4) is 0 Å². The predicted molar refractivity (Wildman–Crippen MR) is 245 cm³/mol. The summed E-state index contributed by atoms with van der Waals surface area (Å²) >= 11 is 0. The average Bonchev–Trinajstić information content (AvgIpc) is 3.32. The van der Waals surface area contributed by atoms with Crippen molar-refractivity contribution < 1.29 is 93.1 Å². The summed E-state index contributed by atoms with van der Waals surface area (Å²) in [5.74, 6) is -20.5. The van der Waals surface area contributed by atoms with E-state index < -0.39 is 117 Å². The van der Waals surface area contributed by atoms with Crippen LogP contribution in [0.2, 0.25) is 0 Å². The number of halogens is 17. The van der Waals surface area contributed by atoms with E-state index in [2.05, 4.69) is 21.1 Å². The van der Waals surface area contributed by atoms with Gasteiger partial charge in [-0.15, -0.1) is 0 Å². The van der Waals surface area contributed by atoms with Gasteiger partial charge >= 0.3 is 18.3 Å². The highest BCUT2D eigenvalue weighted by Crippen LogP contribution is 2.46. The van der Waals surface area contributed by atoms with E-state index in [1.54, 1.807) is 31.2 Å². The van der Waals surface area contributed by atoms with Crippen LogP contribution in [0.25, 0.3) is 11.1 Å². The van der Waals surface area contributed by atoms with Crippen molar-refractivity contribution in [1.29, 1.82) is 0 Å². The molecule has 20 heteroatoms. The van der Waals surface area contributed by atoms with Crippen molar-refractivity contribution in [2.24, 2.45) is 35.5 Å². The summed E-state index contributed by atoms with van der Waals surface area (Å²) < 4.78 is 244. The Hall–Kier alpha value is -5.69. The third-order valence-corrected chi connectivity index (χ3v) is 13.8. The van der Waals surface area contributed by atoms with Crippen LogP contribution in [0.1, 0.15) is 106 Å². The first-order chi connectivity index (χ1) is 34.6. The van der Waals surface area contributed by atoms with E-state index >= 15 is 0 Å². The summed E-state index contributed by atoms with van der Waals surface area (Å²) in [5, 5.41) is 0. The summed E-state index contributed by atoms with van der Waals surface area (Å²) in [6.07, 6.45) is -2.84. The Morgan fingerprint density at radius 3 is 1.03 bits per heavy atom. The van der Waals surface area contributed by atoms with Crippen molar-refractivity contribution in [3.05, 3.63) is 148 Å². The highest BCUT2D eigenvalue weighted by Gasteiger charge is 2.46. The number of ether oxygens (including phenoxy) is 3. The molecule has 3 fully saturated rings. The van der Waals surface area contributed by atoms with Gasteiger partial charge in [-0.2, -0.15) is 26.3 Å². The number of aryl methyl sites for hydroxylation is 1. The fourth-order valence-corrected chi connectivity index (χ4v) is 9.50. The molecule has 0 amide bonds. The van der Waals surface area contributed by atoms with Gasteiger partial charge in [-0.1, -0.05) is 69.4 Å². The Bertz CT molecular complexity index is 2620. The first-order valence-corrected chi connectivity index (χ1v) is 23.8. The maximum Gasteiger partial charge on any atom is 0.432 e. The zero-order valence-electron chi connectivity index (χ0n) is 40.0. The second kappa shape index (κ2) is 23.9. The molecule has 0 unspecified atom stereocenters. The van der Waals surface area contributed by atoms with Crippen molar-refractivity contribution in [1.82, 2.24) is 0 Å². The Labute approximate surface area is 420 Å². The van der Waals surface area contributed by atoms with Crippen LogP contribution in [0, 0.1) is 106 Å². The van der Waals surface area contributed by atoms with Crippen LogP contribution >= 0.6 is 0 Å². The Balaban J connectivity index is 0.000000302. The van der Waals surface area contributed by atoms with Gasteiger partial charge in [0.05, 0.1) is 11.8 Å². The predicted octanol–water partition coefficient (Wildman–Crippen LogP) is 18.8. The second-order valence-electron chi connectivity index (χ2n) is 19.3. The minimum absolute atomic E-state index is 0. The summed E-state index contributed by atoms with van der Waals surface area (Å²) in [5.41, 5.74) is -0.455. The third kappa shape index (κ3) is 14.6. The molecule has 0 N–H and O–H groups in total. The van der Waals surface area contributed by atoms with Crippen LogP contribution in [0.15, 0.2) is 72.8 Å². The smallest absolute Gasteiger partial charge is 0.432 e. The van der Waals surface area contributed by atoms with Gasteiger partial charge in [0.15, 0.2) is 52.4 Å². The lowest BCUT2D eigenvalue weighted by Crippen LogP contribution is -2.38. The van der Waals surface area contributed by atoms with Crippen molar-refractivity contribution >= 4 is 0 Å². The van der Waals surface area contributed by atoms with Gasteiger partial charge in [-0.25, -0.2) is 48.3 Å². The third-order valence-electron chi connectivity index (χ3n) is 13.8. The number of benzene rings is 5. The van der Waals surface area contributed by atoms with Crippen LogP contribution in [0.4, 0.5) is 74.6 Å². The summed E-state index contributed by atoms with van der Waals surface area (Å²) in [7, 11) is 0. The first kappa shape index (κ1) is 57.6. The van der Waals surface area contributed by atoms with Crippen LogP contribution in [0.5, 0.6) is 17.2 Å². The minimum Gasteiger partial charge on any atom is -0.432 e. The van der Waals surface area contributed by atoms with Gasteiger partial charge in [0, 0.05) is 40.7 Å². The molecule has 5 aromatic carbocycles. The molecule has 0 bridgehead atoms. The van der Waals surface area contributed by atoms with E-state index in [9.17, 15) is 74.6 Å². The molecule has 3 aliphatic carbocycles. The maximum atomic E-state index is 14.4. The number of alkyl halides is 6. The zero-order chi connectivity index (χ0) is 54.4. The first-order valence-electron chi connectivity index (χ1n) is 23.8. The molecule has 0 heterocycles. The molecule has 0 atom stereocenters. The maximum absolute atomic E-state index is 14.4. The van der Waals surface area contributed by atoms with E-state index in [4.69, 9.17) is 0 Å². The Kier molecular flexibility index (Phi) is 18.6. The number of hydrogen-bond donors (Lipinski definition) is 0. The lowest BCUT2D eigenvalue weighted by atomic mass is 9.69. The van der Waals surface area contributed by atoms with E-state index in [1.165, 1.54) is 25.7 Å². The standard InChI is InChI=1S/C20H11F7O.C20H25F5O.C14H15F5O.3H2/c1-10-2-4-11(5-3-10)12-6-14(21)18(15(22)7-12)20(26,27)28-13-8-16(23)19(25)17(24)9-13;1-12-2-4-13(5-3-12)14-6-8-15(9-7-14)20(24,25)26-16-10-17(21)19(23)18(22)11-16;1-8-2-4-9(5-3-8)14(18,19)20-10-6-11(15)13(17)12(16)7-10;;;/h2-9H,1H3;10-15H,2-9H2,1H3;6-9H,2-5H2,1H3;3*1H. The van der Waals surface area contributed by atoms with Crippen molar-refractivity contribution in [2.45, 2.75) is 116 Å². The monoisotopic (exact) mass is 1080 g/mol. The molecule has 0 saturated heterocycles. The molecule has 74 heavy (non-hydrogen) atoms. The van der Waals surface area contributed by atoms with Crippen LogP contribution < -0.4 is 14.2 Å². The molecule has 0 aliphatic heterocycles. The number of rotatable bonds is 11. The molecular weight excluding hydrogens is 1020 g/mol. The van der Waals surface area contributed by atoms with E-state index in [0.29, 0.717) is 98.2 Å². The van der Waals surface area contributed by atoms with E-state index in [1.807, 2.05) is 6.92 Å². The van der Waals surface area contributed by atoms with E-state index in [0.717, 1.165) is 24.3 Å². The molecule has 8 rings (SSSR count). The summed E-state index contributed by atoms with van der Waals surface area (Å²) in [6, 6.07) is 9.90. The van der Waals surface area contributed by atoms with Crippen molar-refractivity contribution in [2.75, 3.05) is 0 Å². The fourth-order valence-electron chi connectivity index (χ4n) is 9.50. The molecule has 3 aliphatic rings. The van der Waals surface area contributed by atoms with Gasteiger partial charge in [-0.05, 0) is 105 Å². The average molecular weight is 1080 g/mol. The minimum atomic E-state index is -4.61. The van der Waals surface area contributed by atoms with Gasteiger partial charge in [0.2, 0.25) is 0 Å². The molecule has 3 saturated carbocycles. The lowest BCUT2D eigenvalue weighted by Gasteiger charge is -2.38. The molecular formula is C54H57F17O3. The Morgan fingerprint density at radius 1 is 0.378 bits per heavy atom. The Morgan fingerprint density at radius 2 is 0.676 bits per heavy atom. The summed E-state index contributed by atoms with van der Waals surface area (Å²) in [4.78, 5) is 0. The quantitative estimate of drug-likeness (QED) is 0.0975. The molecule has 410 valence electrons. The zero-order valence-corrected chi connectivity index (χ0v) is 40.0.